The summed E-state index contributed by atoms with van der Waals surface area (Å²) in [6.45, 7) is 3.76. The van der Waals surface area contributed by atoms with Crippen molar-refractivity contribution < 1.29 is 9.90 Å². The molecule has 0 amide bonds. The molecule has 19 heavy (non-hydrogen) atoms. The number of aromatic carboxylic acids is 1. The quantitative estimate of drug-likeness (QED) is 0.929. The van der Waals surface area contributed by atoms with Gasteiger partial charge in [-0.25, -0.2) is 19.4 Å². The number of hydrogen-bond donors (Lipinski definition) is 1. The Morgan fingerprint density at radius 1 is 1.47 bits per heavy atom. The van der Waals surface area contributed by atoms with Gasteiger partial charge in [0.25, 0.3) is 0 Å². The number of carboxylic acids is 1. The molecular weight excluding hydrogens is 268 g/mol. The summed E-state index contributed by atoms with van der Waals surface area (Å²) in [5.41, 5.74) is 1.27. The van der Waals surface area contributed by atoms with E-state index in [9.17, 15) is 9.90 Å². The number of carboxylic acid groups (broad SMARTS) is 1. The summed E-state index contributed by atoms with van der Waals surface area (Å²) in [4.78, 5) is 19.3. The molecule has 0 atom stereocenters. The average molecular weight is 281 g/mol. The number of nitrogens with zero attached hydrogens (tertiary/aromatic N) is 4. The van der Waals surface area contributed by atoms with Crippen molar-refractivity contribution in [3.8, 4) is 5.82 Å². The van der Waals surface area contributed by atoms with Crippen LogP contribution in [0.2, 0.25) is 5.15 Å². The van der Waals surface area contributed by atoms with Gasteiger partial charge in [0, 0.05) is 11.8 Å². The Kier molecular flexibility index (Phi) is 3.80. The first-order valence-electron chi connectivity index (χ1n) is 5.84. The molecule has 2 aromatic heterocycles. The third-order valence-electron chi connectivity index (χ3n) is 2.61. The Bertz CT molecular complexity index is 624. The van der Waals surface area contributed by atoms with Crippen molar-refractivity contribution in [2.24, 2.45) is 0 Å². The highest BCUT2D eigenvalue weighted by Crippen LogP contribution is 2.24. The van der Waals surface area contributed by atoms with Crippen LogP contribution in [0.4, 0.5) is 0 Å². The summed E-state index contributed by atoms with van der Waals surface area (Å²) in [7, 11) is 0. The van der Waals surface area contributed by atoms with Gasteiger partial charge in [-0.2, -0.15) is 5.10 Å². The van der Waals surface area contributed by atoms with Crippen LogP contribution in [-0.2, 0) is 6.42 Å². The van der Waals surface area contributed by atoms with Crippen LogP contribution in [0.25, 0.3) is 5.82 Å². The predicted octanol–water partition coefficient (Wildman–Crippen LogP) is 2.27. The fraction of sp³-hybridized carbons (Fsp3) is 0.333. The van der Waals surface area contributed by atoms with E-state index in [0.29, 0.717) is 17.9 Å². The summed E-state index contributed by atoms with van der Waals surface area (Å²) >= 11 is 6.11. The monoisotopic (exact) mass is 280 g/mol. The van der Waals surface area contributed by atoms with E-state index in [-0.39, 0.29) is 10.7 Å². The smallest absolute Gasteiger partial charge is 0.340 e. The summed E-state index contributed by atoms with van der Waals surface area (Å²) in [6, 6.07) is 1.69. The molecule has 2 rings (SSSR count). The van der Waals surface area contributed by atoms with E-state index in [4.69, 9.17) is 11.6 Å². The molecule has 0 aliphatic carbocycles. The van der Waals surface area contributed by atoms with Gasteiger partial charge in [0.1, 0.15) is 17.0 Å². The van der Waals surface area contributed by atoms with Gasteiger partial charge in [-0.05, 0) is 13.3 Å². The second kappa shape index (κ2) is 5.36. The summed E-state index contributed by atoms with van der Waals surface area (Å²) in [5.74, 6) is -0.618. The molecule has 0 saturated carbocycles. The van der Waals surface area contributed by atoms with Crippen LogP contribution >= 0.6 is 11.6 Å². The average Bonchev–Trinajstić information content (AvgIpc) is 2.67. The largest absolute Gasteiger partial charge is 0.478 e. The fourth-order valence-corrected chi connectivity index (χ4v) is 2.09. The molecule has 2 aromatic rings. The first-order chi connectivity index (χ1) is 9.04. The summed E-state index contributed by atoms with van der Waals surface area (Å²) in [6.07, 6.45) is 2.73. The number of carbonyl (C=O) groups is 1. The topological polar surface area (TPSA) is 80.9 Å². The van der Waals surface area contributed by atoms with E-state index >= 15 is 0 Å². The SMILES string of the molecule is CCCc1nn(-c2cc(C)ncn2)c(Cl)c1C(=O)O. The predicted molar refractivity (Wildman–Crippen MR) is 69.9 cm³/mol. The molecular formula is C12H13ClN4O2. The van der Waals surface area contributed by atoms with Crippen LogP contribution in [0.1, 0.15) is 35.1 Å². The second-order valence-electron chi connectivity index (χ2n) is 4.10. The van der Waals surface area contributed by atoms with Crippen LogP contribution in [0.5, 0.6) is 0 Å². The molecule has 7 heteroatoms. The lowest BCUT2D eigenvalue weighted by molar-refractivity contribution is 0.0696. The third-order valence-corrected chi connectivity index (χ3v) is 2.96. The maximum Gasteiger partial charge on any atom is 0.340 e. The minimum absolute atomic E-state index is 0.0415. The van der Waals surface area contributed by atoms with Crippen molar-refractivity contribution in [3.63, 3.8) is 0 Å². The fourth-order valence-electron chi connectivity index (χ4n) is 1.77. The number of aryl methyl sites for hydroxylation is 2. The summed E-state index contributed by atoms with van der Waals surface area (Å²) in [5, 5.41) is 13.5. The van der Waals surface area contributed by atoms with Gasteiger partial charge in [-0.3, -0.25) is 0 Å². The highest BCUT2D eigenvalue weighted by atomic mass is 35.5. The molecule has 0 aliphatic rings. The van der Waals surface area contributed by atoms with E-state index in [2.05, 4.69) is 15.1 Å². The lowest BCUT2D eigenvalue weighted by atomic mass is 10.2. The van der Waals surface area contributed by atoms with Crippen LogP contribution < -0.4 is 0 Å². The third kappa shape index (κ3) is 2.58. The minimum atomic E-state index is -1.08. The molecule has 0 aromatic carbocycles. The van der Waals surface area contributed by atoms with Crippen molar-refractivity contribution in [1.82, 2.24) is 19.7 Å². The van der Waals surface area contributed by atoms with E-state index < -0.39 is 5.97 Å². The maximum absolute atomic E-state index is 11.3. The van der Waals surface area contributed by atoms with Crippen LogP contribution in [0.15, 0.2) is 12.4 Å². The summed E-state index contributed by atoms with van der Waals surface area (Å²) < 4.78 is 1.34. The van der Waals surface area contributed by atoms with E-state index in [0.717, 1.165) is 12.1 Å². The molecule has 0 saturated heterocycles. The van der Waals surface area contributed by atoms with Gasteiger partial charge >= 0.3 is 5.97 Å². The highest BCUT2D eigenvalue weighted by molar-refractivity contribution is 6.32. The normalized spacial score (nSPS) is 10.7. The zero-order valence-corrected chi connectivity index (χ0v) is 11.3. The number of halogens is 1. The molecule has 2 heterocycles. The van der Waals surface area contributed by atoms with Crippen molar-refractivity contribution in [2.45, 2.75) is 26.7 Å². The lowest BCUT2D eigenvalue weighted by Gasteiger charge is -2.01. The van der Waals surface area contributed by atoms with Crippen molar-refractivity contribution in [3.05, 3.63) is 34.5 Å². The van der Waals surface area contributed by atoms with Crippen LogP contribution in [-0.4, -0.2) is 30.8 Å². The minimum Gasteiger partial charge on any atom is -0.478 e. The maximum atomic E-state index is 11.3. The Morgan fingerprint density at radius 2 is 2.21 bits per heavy atom. The molecule has 0 radical (unpaired) electrons. The van der Waals surface area contributed by atoms with Gasteiger partial charge in [-0.15, -0.1) is 0 Å². The zero-order chi connectivity index (χ0) is 14.0. The van der Waals surface area contributed by atoms with E-state index in [1.165, 1.54) is 11.0 Å². The Balaban J connectivity index is 2.59. The van der Waals surface area contributed by atoms with Crippen molar-refractivity contribution in [2.75, 3.05) is 0 Å². The molecule has 6 nitrogen and oxygen atoms in total. The molecule has 0 fully saturated rings. The lowest BCUT2D eigenvalue weighted by Crippen LogP contribution is -2.02. The van der Waals surface area contributed by atoms with Gasteiger partial charge in [-0.1, -0.05) is 24.9 Å². The van der Waals surface area contributed by atoms with Gasteiger partial charge < -0.3 is 5.11 Å². The van der Waals surface area contributed by atoms with Gasteiger partial charge in [0.2, 0.25) is 0 Å². The second-order valence-corrected chi connectivity index (χ2v) is 4.46. The van der Waals surface area contributed by atoms with Gasteiger partial charge in [0.15, 0.2) is 5.82 Å². The standard InChI is InChI=1S/C12H13ClN4O2/c1-3-4-8-10(12(18)19)11(13)17(16-8)9-5-7(2)14-6-15-9/h5-6H,3-4H2,1-2H3,(H,18,19). The molecule has 0 bridgehead atoms. The van der Waals surface area contributed by atoms with Crippen LogP contribution in [0, 0.1) is 6.92 Å². The molecule has 0 spiro atoms. The van der Waals surface area contributed by atoms with Crippen molar-refractivity contribution >= 4 is 17.6 Å². The first-order valence-corrected chi connectivity index (χ1v) is 6.22. The Hall–Kier alpha value is -1.95. The Labute approximate surface area is 115 Å². The van der Waals surface area contributed by atoms with Crippen molar-refractivity contribution in [1.29, 1.82) is 0 Å². The first kappa shape index (κ1) is 13.5. The van der Waals surface area contributed by atoms with E-state index in [1.807, 2.05) is 13.8 Å². The molecule has 0 aliphatic heterocycles. The van der Waals surface area contributed by atoms with Crippen LogP contribution in [0.3, 0.4) is 0 Å². The number of rotatable bonds is 4. The molecule has 100 valence electrons. The number of aromatic nitrogens is 4. The molecule has 0 unspecified atom stereocenters. The van der Waals surface area contributed by atoms with Gasteiger partial charge in [0.05, 0.1) is 5.69 Å². The zero-order valence-electron chi connectivity index (χ0n) is 10.6. The van der Waals surface area contributed by atoms with E-state index in [1.54, 1.807) is 6.07 Å². The Morgan fingerprint density at radius 3 is 2.79 bits per heavy atom. The number of hydrogen-bond acceptors (Lipinski definition) is 4. The molecule has 1 N–H and O–H groups in total. The highest BCUT2D eigenvalue weighted by Gasteiger charge is 2.22.